The van der Waals surface area contributed by atoms with Crippen LogP contribution in [0.4, 0.5) is 0 Å². The van der Waals surface area contributed by atoms with Crippen LogP contribution in [0, 0.1) is 0 Å². The van der Waals surface area contributed by atoms with Crippen LogP contribution >= 0.6 is 0 Å². The van der Waals surface area contributed by atoms with Crippen LogP contribution in [0.1, 0.15) is 25.7 Å². The average molecular weight is 196 g/mol. The smallest absolute Gasteiger partial charge is 0.0637 e. The van der Waals surface area contributed by atoms with Crippen molar-refractivity contribution in [1.29, 1.82) is 0 Å². The number of hydrogen-bond acceptors (Lipinski definition) is 3. The molecule has 0 aromatic rings. The number of piperazine rings is 1. The number of fused-ring (bicyclic) bond motifs is 3. The lowest BCUT2D eigenvalue weighted by atomic mass is 9.91. The van der Waals surface area contributed by atoms with Gasteiger partial charge in [0.15, 0.2) is 0 Å². The Morgan fingerprint density at radius 3 is 3.21 bits per heavy atom. The van der Waals surface area contributed by atoms with E-state index in [0.717, 1.165) is 19.3 Å². The first-order valence-corrected chi connectivity index (χ1v) is 6.02. The van der Waals surface area contributed by atoms with Gasteiger partial charge in [0, 0.05) is 31.3 Å². The number of hydrogen-bond donors (Lipinski definition) is 1. The zero-order valence-corrected chi connectivity index (χ0v) is 8.74. The Labute approximate surface area is 85.8 Å². The van der Waals surface area contributed by atoms with Gasteiger partial charge in [-0.3, -0.25) is 4.90 Å². The third kappa shape index (κ3) is 1.47. The largest absolute Gasteiger partial charge is 0.380 e. The molecule has 3 fully saturated rings. The molecule has 3 aliphatic heterocycles. The standard InChI is InChI=1S/C11H20N2O/c1-2-5-13-9(3-1)7-12-10-4-6-14-8-11(10)13/h9-12H,1-8H2. The number of rotatable bonds is 0. The molecule has 0 spiro atoms. The Bertz CT molecular complexity index is 187. The second-order valence-corrected chi connectivity index (χ2v) is 4.83. The minimum absolute atomic E-state index is 0.669. The summed E-state index contributed by atoms with van der Waals surface area (Å²) >= 11 is 0. The molecule has 80 valence electrons. The fraction of sp³-hybridized carbons (Fsp3) is 1.00. The summed E-state index contributed by atoms with van der Waals surface area (Å²) in [7, 11) is 0. The van der Waals surface area contributed by atoms with Gasteiger partial charge in [0.2, 0.25) is 0 Å². The van der Waals surface area contributed by atoms with Crippen molar-refractivity contribution in [2.24, 2.45) is 0 Å². The van der Waals surface area contributed by atoms with Crippen molar-refractivity contribution in [2.75, 3.05) is 26.3 Å². The van der Waals surface area contributed by atoms with Gasteiger partial charge in [-0.1, -0.05) is 6.42 Å². The summed E-state index contributed by atoms with van der Waals surface area (Å²) in [4.78, 5) is 2.71. The van der Waals surface area contributed by atoms with Gasteiger partial charge < -0.3 is 10.1 Å². The Kier molecular flexibility index (Phi) is 2.48. The fourth-order valence-electron chi connectivity index (χ4n) is 3.25. The van der Waals surface area contributed by atoms with Crippen molar-refractivity contribution in [3.63, 3.8) is 0 Å². The maximum Gasteiger partial charge on any atom is 0.0637 e. The summed E-state index contributed by atoms with van der Waals surface area (Å²) < 4.78 is 5.61. The highest BCUT2D eigenvalue weighted by atomic mass is 16.5. The highest BCUT2D eigenvalue weighted by Crippen LogP contribution is 2.27. The monoisotopic (exact) mass is 196 g/mol. The first kappa shape index (κ1) is 9.13. The van der Waals surface area contributed by atoms with Crippen molar-refractivity contribution in [3.05, 3.63) is 0 Å². The molecule has 0 aromatic heterocycles. The molecule has 0 aliphatic carbocycles. The van der Waals surface area contributed by atoms with Crippen LogP contribution in [0.3, 0.4) is 0 Å². The van der Waals surface area contributed by atoms with Crippen molar-refractivity contribution in [2.45, 2.75) is 43.8 Å². The molecule has 0 bridgehead atoms. The minimum atomic E-state index is 0.669. The van der Waals surface area contributed by atoms with E-state index in [-0.39, 0.29) is 0 Å². The molecular formula is C11H20N2O. The van der Waals surface area contributed by atoms with E-state index in [2.05, 4.69) is 10.2 Å². The van der Waals surface area contributed by atoms with Gasteiger partial charge in [0.05, 0.1) is 6.61 Å². The lowest BCUT2D eigenvalue weighted by Gasteiger charge is -2.50. The van der Waals surface area contributed by atoms with Crippen LogP contribution < -0.4 is 5.32 Å². The summed E-state index contributed by atoms with van der Waals surface area (Å²) in [5.74, 6) is 0. The second kappa shape index (κ2) is 3.80. The van der Waals surface area contributed by atoms with Crippen molar-refractivity contribution >= 4 is 0 Å². The number of nitrogens with one attached hydrogen (secondary N) is 1. The van der Waals surface area contributed by atoms with Crippen LogP contribution in [0.25, 0.3) is 0 Å². The molecule has 3 heteroatoms. The van der Waals surface area contributed by atoms with Gasteiger partial charge >= 0.3 is 0 Å². The number of ether oxygens (including phenoxy) is 1. The van der Waals surface area contributed by atoms with Crippen LogP contribution in [-0.4, -0.2) is 49.3 Å². The molecule has 1 N–H and O–H groups in total. The molecule has 0 saturated carbocycles. The van der Waals surface area contributed by atoms with Gasteiger partial charge in [-0.05, 0) is 25.8 Å². The molecule has 3 aliphatic rings. The highest BCUT2D eigenvalue weighted by molar-refractivity contribution is 4.97. The molecule has 3 saturated heterocycles. The Balaban J connectivity index is 1.74. The van der Waals surface area contributed by atoms with E-state index < -0.39 is 0 Å². The number of nitrogens with zero attached hydrogens (tertiary/aromatic N) is 1. The summed E-state index contributed by atoms with van der Waals surface area (Å²) in [5.41, 5.74) is 0. The minimum Gasteiger partial charge on any atom is -0.380 e. The first-order chi connectivity index (χ1) is 6.95. The predicted octanol–water partition coefficient (Wildman–Crippen LogP) is 0.602. The normalized spacial score (nSPS) is 44.1. The van der Waals surface area contributed by atoms with Gasteiger partial charge in [-0.25, -0.2) is 0 Å². The van der Waals surface area contributed by atoms with Crippen LogP contribution in [0.15, 0.2) is 0 Å². The summed E-state index contributed by atoms with van der Waals surface area (Å²) in [5, 5.41) is 3.70. The third-order valence-electron chi connectivity index (χ3n) is 4.04. The van der Waals surface area contributed by atoms with Crippen molar-refractivity contribution in [3.8, 4) is 0 Å². The quantitative estimate of drug-likeness (QED) is 0.614. The van der Waals surface area contributed by atoms with E-state index >= 15 is 0 Å². The van der Waals surface area contributed by atoms with Crippen LogP contribution in [0.2, 0.25) is 0 Å². The van der Waals surface area contributed by atoms with Gasteiger partial charge in [0.25, 0.3) is 0 Å². The van der Waals surface area contributed by atoms with Crippen molar-refractivity contribution in [1.82, 2.24) is 10.2 Å². The molecule has 14 heavy (non-hydrogen) atoms. The molecule has 0 aromatic carbocycles. The van der Waals surface area contributed by atoms with E-state index in [0.29, 0.717) is 12.1 Å². The Hall–Kier alpha value is -0.120. The van der Waals surface area contributed by atoms with Crippen LogP contribution in [0.5, 0.6) is 0 Å². The molecule has 3 heterocycles. The van der Waals surface area contributed by atoms with Gasteiger partial charge in [0.1, 0.15) is 0 Å². The fourth-order valence-corrected chi connectivity index (χ4v) is 3.25. The summed E-state index contributed by atoms with van der Waals surface area (Å²) in [6.45, 7) is 4.42. The lowest BCUT2D eigenvalue weighted by Crippen LogP contribution is -2.66. The van der Waals surface area contributed by atoms with Gasteiger partial charge in [-0.2, -0.15) is 0 Å². The summed E-state index contributed by atoms with van der Waals surface area (Å²) in [6.07, 6.45) is 5.39. The van der Waals surface area contributed by atoms with E-state index in [1.165, 1.54) is 38.8 Å². The molecule has 3 atom stereocenters. The topological polar surface area (TPSA) is 24.5 Å². The molecule has 3 nitrogen and oxygen atoms in total. The number of piperidine rings is 1. The SMILES string of the molecule is C1CCN2C(C1)CNC1CCOCC12. The lowest BCUT2D eigenvalue weighted by molar-refractivity contribution is -0.0521. The molecule has 3 rings (SSSR count). The first-order valence-electron chi connectivity index (χ1n) is 6.02. The second-order valence-electron chi connectivity index (χ2n) is 4.83. The predicted molar refractivity (Wildman–Crippen MR) is 55.4 cm³/mol. The Morgan fingerprint density at radius 2 is 2.21 bits per heavy atom. The van der Waals surface area contributed by atoms with Crippen LogP contribution in [-0.2, 0) is 4.74 Å². The van der Waals surface area contributed by atoms with Crippen molar-refractivity contribution < 1.29 is 4.74 Å². The maximum absolute atomic E-state index is 5.61. The zero-order chi connectivity index (χ0) is 9.38. The maximum atomic E-state index is 5.61. The third-order valence-corrected chi connectivity index (χ3v) is 4.04. The molecular weight excluding hydrogens is 176 g/mol. The van der Waals surface area contributed by atoms with E-state index in [4.69, 9.17) is 4.74 Å². The Morgan fingerprint density at radius 1 is 1.21 bits per heavy atom. The zero-order valence-electron chi connectivity index (χ0n) is 8.74. The molecule has 0 radical (unpaired) electrons. The van der Waals surface area contributed by atoms with Gasteiger partial charge in [-0.15, -0.1) is 0 Å². The van der Waals surface area contributed by atoms with E-state index in [9.17, 15) is 0 Å². The highest BCUT2D eigenvalue weighted by Gasteiger charge is 2.39. The molecule has 0 amide bonds. The molecule has 3 unspecified atom stereocenters. The summed E-state index contributed by atoms with van der Waals surface area (Å²) in [6, 6.07) is 2.17. The average Bonchev–Trinajstić information content (AvgIpc) is 2.29. The van der Waals surface area contributed by atoms with E-state index in [1.54, 1.807) is 0 Å². The van der Waals surface area contributed by atoms with E-state index in [1.807, 2.05) is 0 Å².